The van der Waals surface area contributed by atoms with Gasteiger partial charge in [0.25, 0.3) is 11.1 Å². The Morgan fingerprint density at radius 3 is 1.49 bits per heavy atom. The topological polar surface area (TPSA) is 190 Å². The molecular weight excluding hydrogens is 1000 g/mol. The number of aromatic nitrogens is 8. The second kappa shape index (κ2) is 21.5. The molecular formula is C40H51BrF6N8O10Si2. The van der Waals surface area contributed by atoms with Crippen molar-refractivity contribution in [3.63, 3.8) is 0 Å². The van der Waals surface area contributed by atoms with Gasteiger partial charge in [0.05, 0.1) is 0 Å². The summed E-state index contributed by atoms with van der Waals surface area (Å²) in [6.45, 7) is 14.7. The van der Waals surface area contributed by atoms with E-state index in [0.29, 0.717) is 29.1 Å². The van der Waals surface area contributed by atoms with E-state index in [9.17, 15) is 45.5 Å². The molecule has 0 unspecified atom stereocenters. The lowest BCUT2D eigenvalue weighted by molar-refractivity contribution is -0.275. The van der Waals surface area contributed by atoms with Crippen molar-refractivity contribution < 1.29 is 55.1 Å². The van der Waals surface area contributed by atoms with E-state index in [1.54, 1.807) is 11.6 Å². The minimum atomic E-state index is -4.86. The first-order chi connectivity index (χ1) is 30.9. The van der Waals surface area contributed by atoms with E-state index in [1.165, 1.54) is 59.1 Å². The van der Waals surface area contributed by atoms with Crippen molar-refractivity contribution in [1.82, 2.24) is 37.4 Å². The molecule has 1 N–H and O–H groups in total. The highest BCUT2D eigenvalue weighted by Crippen LogP contribution is 2.30. The third-order valence-corrected chi connectivity index (χ3v) is 13.4. The number of aromatic hydroxyl groups is 1. The maximum absolute atomic E-state index is 12.8. The van der Waals surface area contributed by atoms with Crippen molar-refractivity contribution in [3.8, 4) is 29.0 Å². The zero-order valence-electron chi connectivity index (χ0n) is 38.2. The summed E-state index contributed by atoms with van der Waals surface area (Å²) >= 11 is 3.34. The van der Waals surface area contributed by atoms with Crippen LogP contribution in [0.3, 0.4) is 0 Å². The number of rotatable bonds is 14. The molecule has 27 heteroatoms. The number of aryl methyl sites for hydroxylation is 2. The second-order valence-electron chi connectivity index (χ2n) is 17.3. The number of alkyl halides is 6. The average molecular weight is 1050 g/mol. The summed E-state index contributed by atoms with van der Waals surface area (Å²) in [5.41, 5.74) is -1.08. The Morgan fingerprint density at radius 2 is 1.03 bits per heavy atom. The van der Waals surface area contributed by atoms with Gasteiger partial charge in [-0.2, -0.15) is 4.98 Å². The first-order valence-electron chi connectivity index (χ1n) is 20.1. The van der Waals surface area contributed by atoms with E-state index in [-0.39, 0.29) is 47.7 Å². The van der Waals surface area contributed by atoms with E-state index < -0.39 is 57.3 Å². The van der Waals surface area contributed by atoms with Gasteiger partial charge in [0.2, 0.25) is 0 Å². The summed E-state index contributed by atoms with van der Waals surface area (Å²) in [6.07, 6.45) is -9.58. The summed E-state index contributed by atoms with van der Waals surface area (Å²) < 4.78 is 105. The monoisotopic (exact) mass is 1050 g/mol. The molecule has 0 radical (unpaired) electrons. The second-order valence-corrected chi connectivity index (χ2v) is 29.2. The van der Waals surface area contributed by atoms with Crippen molar-refractivity contribution in [2.75, 3.05) is 13.2 Å². The smallest absolute Gasteiger partial charge is 0.508 e. The Bertz CT molecular complexity index is 2930. The molecule has 0 fully saturated rings. The highest BCUT2D eigenvalue weighted by atomic mass is 79.9. The standard InChI is InChI=1S/C20H25F3N4O5Si.C13H21BrN4O3Si.C7H5F3O2/c1-25-16-15(17(28)26(2)19(25)29)27(12-30-9-10-33(3,4)5)18(24-16)31-13-7-6-8-14(11-13)32-20(21,22)23;1-16-10-9(11(19)17(2)13(16)20)18(12(14)15-10)8-21-6-7-22(3,4)5;8-7(9,10)12-6-3-1-2-5(11)4-6/h6-8,11H,9-10,12H2,1-5H3;6-8H2,1-5H3;1-4,11H. The normalized spacial score (nSPS) is 12.1. The van der Waals surface area contributed by atoms with Crippen LogP contribution < -0.4 is 36.7 Å². The molecule has 18 nitrogen and oxygen atoms in total. The van der Waals surface area contributed by atoms with Crippen LogP contribution in [0, 0.1) is 0 Å². The summed E-state index contributed by atoms with van der Waals surface area (Å²) in [5, 5.41) is 8.76. The highest BCUT2D eigenvalue weighted by molar-refractivity contribution is 9.10. The Morgan fingerprint density at radius 1 is 0.612 bits per heavy atom. The van der Waals surface area contributed by atoms with Gasteiger partial charge < -0.3 is 28.8 Å². The van der Waals surface area contributed by atoms with Gasteiger partial charge in [0, 0.05) is 69.7 Å². The predicted molar refractivity (Wildman–Crippen MR) is 244 cm³/mol. The molecule has 0 aliphatic rings. The molecule has 67 heavy (non-hydrogen) atoms. The molecule has 368 valence electrons. The van der Waals surface area contributed by atoms with Gasteiger partial charge in [0.1, 0.15) is 36.5 Å². The fraction of sp³-hybridized carbons (Fsp3) is 0.450. The van der Waals surface area contributed by atoms with Gasteiger partial charge in [-0.15, -0.1) is 26.3 Å². The van der Waals surface area contributed by atoms with Crippen LogP contribution >= 0.6 is 15.9 Å². The zero-order chi connectivity index (χ0) is 50.4. The molecule has 0 bridgehead atoms. The summed E-state index contributed by atoms with van der Waals surface area (Å²) in [7, 11) is 3.33. The van der Waals surface area contributed by atoms with Crippen LogP contribution in [-0.2, 0) is 51.1 Å². The lowest BCUT2D eigenvalue weighted by Crippen LogP contribution is -2.37. The molecule has 0 aliphatic heterocycles. The van der Waals surface area contributed by atoms with Crippen molar-refractivity contribution in [2.45, 2.75) is 77.6 Å². The van der Waals surface area contributed by atoms with Crippen LogP contribution in [0.25, 0.3) is 22.3 Å². The van der Waals surface area contributed by atoms with Crippen LogP contribution in [0.2, 0.25) is 51.4 Å². The van der Waals surface area contributed by atoms with Gasteiger partial charge in [0.15, 0.2) is 27.1 Å². The van der Waals surface area contributed by atoms with E-state index in [4.69, 9.17) is 19.3 Å². The summed E-state index contributed by atoms with van der Waals surface area (Å²) in [6, 6.07) is 11.2. The maximum Gasteiger partial charge on any atom is 0.573 e. The highest BCUT2D eigenvalue weighted by Gasteiger charge is 2.32. The molecule has 6 aromatic rings. The lowest BCUT2D eigenvalue weighted by atomic mass is 10.3. The first kappa shape index (κ1) is 54.0. The lowest BCUT2D eigenvalue weighted by Gasteiger charge is -2.16. The molecule has 0 saturated carbocycles. The summed E-state index contributed by atoms with van der Waals surface area (Å²) in [5.74, 6) is -1.17. The third-order valence-electron chi connectivity index (χ3n) is 9.35. The van der Waals surface area contributed by atoms with E-state index in [2.05, 4.69) is 74.7 Å². The van der Waals surface area contributed by atoms with Crippen LogP contribution in [0.4, 0.5) is 26.3 Å². The molecule has 6 rings (SSSR count). The van der Waals surface area contributed by atoms with Gasteiger partial charge in [-0.3, -0.25) is 37.0 Å². The van der Waals surface area contributed by atoms with Crippen molar-refractivity contribution in [3.05, 3.63) is 94.9 Å². The molecule has 0 aliphatic carbocycles. The SMILES string of the molecule is Cn1c(=O)c2c(nc(Br)n2COCC[Si](C)(C)C)n(C)c1=O.Cn1c(=O)c2c(nc(Oc3cccc(OC(F)(F)F)c3)n2COCC[Si](C)(C)C)n(C)c1=O.Oc1cccc(OC(F)(F)F)c1. The number of ether oxygens (including phenoxy) is 5. The van der Waals surface area contributed by atoms with E-state index >= 15 is 0 Å². The van der Waals surface area contributed by atoms with E-state index in [1.807, 2.05) is 0 Å². The molecule has 0 atom stereocenters. The van der Waals surface area contributed by atoms with Gasteiger partial charge in [-0.25, -0.2) is 14.6 Å². The molecule has 0 saturated heterocycles. The van der Waals surface area contributed by atoms with Crippen LogP contribution in [0.15, 0.2) is 72.4 Å². The van der Waals surface area contributed by atoms with Crippen LogP contribution in [-0.4, -0.2) is 84.6 Å². The first-order valence-corrected chi connectivity index (χ1v) is 28.3. The Labute approximate surface area is 388 Å². The number of benzene rings is 2. The maximum atomic E-state index is 12.8. The number of halogens is 7. The summed E-state index contributed by atoms with van der Waals surface area (Å²) in [4.78, 5) is 57.9. The molecule has 4 aromatic heterocycles. The number of imidazole rings is 2. The number of fused-ring (bicyclic) bond motifs is 2. The van der Waals surface area contributed by atoms with Gasteiger partial charge in [-0.05, 0) is 52.3 Å². The van der Waals surface area contributed by atoms with Crippen molar-refractivity contribution in [1.29, 1.82) is 0 Å². The molecule has 2 aromatic carbocycles. The largest absolute Gasteiger partial charge is 0.573 e. The minimum Gasteiger partial charge on any atom is -0.508 e. The number of nitrogens with zero attached hydrogens (tertiary/aromatic N) is 8. The molecule has 0 amide bonds. The number of hydrogen-bond donors (Lipinski definition) is 1. The number of hydrogen-bond acceptors (Lipinski definition) is 12. The Hall–Kier alpha value is -5.65. The minimum absolute atomic E-state index is 0.00257. The predicted octanol–water partition coefficient (Wildman–Crippen LogP) is 7.24. The zero-order valence-corrected chi connectivity index (χ0v) is 41.8. The molecule has 4 heterocycles. The molecule has 0 spiro atoms. The Balaban J connectivity index is 0.000000246. The van der Waals surface area contributed by atoms with E-state index in [0.717, 1.165) is 45.5 Å². The van der Waals surface area contributed by atoms with Crippen molar-refractivity contribution in [2.24, 2.45) is 28.2 Å². The average Bonchev–Trinajstić information content (AvgIpc) is 3.73. The Kier molecular flexibility index (Phi) is 17.3. The van der Waals surface area contributed by atoms with Gasteiger partial charge in [-0.1, -0.05) is 51.4 Å². The fourth-order valence-electron chi connectivity index (χ4n) is 5.75. The van der Waals surface area contributed by atoms with Crippen LogP contribution in [0.5, 0.6) is 29.0 Å². The number of phenols is 1. The quantitative estimate of drug-likeness (QED) is 0.0499. The fourth-order valence-corrected chi connectivity index (χ4v) is 7.71. The van der Waals surface area contributed by atoms with Crippen LogP contribution in [0.1, 0.15) is 0 Å². The third kappa shape index (κ3) is 15.2. The number of phenolic OH excluding ortho intramolecular Hbond substituents is 1. The van der Waals surface area contributed by atoms with Crippen molar-refractivity contribution >= 4 is 54.4 Å². The van der Waals surface area contributed by atoms with Gasteiger partial charge >= 0.3 is 30.1 Å².